The van der Waals surface area contributed by atoms with E-state index in [4.69, 9.17) is 0 Å². The molecule has 30 heavy (non-hydrogen) atoms. The van der Waals surface area contributed by atoms with Crippen LogP contribution in [0.3, 0.4) is 0 Å². The fourth-order valence-electron chi connectivity index (χ4n) is 5.60. The maximum Gasteiger partial charge on any atom is 0.227 e. The van der Waals surface area contributed by atoms with Crippen molar-refractivity contribution in [1.29, 1.82) is 0 Å². The topological polar surface area (TPSA) is 60.4 Å². The summed E-state index contributed by atoms with van der Waals surface area (Å²) in [6, 6.07) is 16.0. The normalized spacial score (nSPS) is 23.9. The van der Waals surface area contributed by atoms with Gasteiger partial charge in [-0.05, 0) is 34.1 Å². The van der Waals surface area contributed by atoms with E-state index >= 15 is 0 Å². The molecule has 0 radical (unpaired) electrons. The van der Waals surface area contributed by atoms with Crippen LogP contribution in [0.1, 0.15) is 61.8 Å². The lowest BCUT2D eigenvalue weighted by atomic mass is 9.54. The van der Waals surface area contributed by atoms with Crippen LogP contribution < -0.4 is 5.11 Å². The Morgan fingerprint density at radius 2 is 1.13 bits per heavy atom. The van der Waals surface area contributed by atoms with E-state index in [1.54, 1.807) is 0 Å². The number of carboxylic acid groups (broad SMARTS) is 1. The molecule has 0 spiro atoms. The highest BCUT2D eigenvalue weighted by molar-refractivity contribution is 5.89. The lowest BCUT2D eigenvalue weighted by molar-refractivity contribution is -0.314. The molecule has 5 rings (SSSR count). The number of benzene rings is 2. The summed E-state index contributed by atoms with van der Waals surface area (Å²) in [5, 5.41) is 12.5. The van der Waals surface area contributed by atoms with Crippen LogP contribution in [-0.4, -0.2) is 29.9 Å². The third-order valence-corrected chi connectivity index (χ3v) is 6.48. The number of carbonyl (C=O) groups excluding carboxylic acids is 2. The van der Waals surface area contributed by atoms with E-state index in [1.165, 1.54) is 0 Å². The van der Waals surface area contributed by atoms with E-state index in [1.807, 2.05) is 41.3 Å². The molecule has 4 heteroatoms. The Labute approximate surface area is 178 Å². The van der Waals surface area contributed by atoms with Crippen LogP contribution in [0.4, 0.5) is 0 Å². The molecule has 2 aromatic carbocycles. The van der Waals surface area contributed by atoms with Crippen molar-refractivity contribution < 1.29 is 14.7 Å². The van der Waals surface area contributed by atoms with Gasteiger partial charge in [0, 0.05) is 36.8 Å². The molecule has 2 atom stereocenters. The molecule has 2 aromatic rings. The van der Waals surface area contributed by atoms with Crippen molar-refractivity contribution in [2.24, 2.45) is 23.7 Å². The van der Waals surface area contributed by atoms with Gasteiger partial charge in [-0.15, -0.1) is 0 Å². The molecule has 0 unspecified atom stereocenters. The van der Waals surface area contributed by atoms with E-state index < -0.39 is 17.8 Å². The Bertz CT molecular complexity index is 907. The van der Waals surface area contributed by atoms with Gasteiger partial charge in [0.2, 0.25) is 5.91 Å². The number of hydrogen-bond acceptors (Lipinski definition) is 3. The average Bonchev–Trinajstić information content (AvgIpc) is 2.71. The Hall–Kier alpha value is -2.62. The van der Waals surface area contributed by atoms with E-state index in [0.29, 0.717) is 24.9 Å². The van der Waals surface area contributed by atoms with Crippen molar-refractivity contribution >= 4 is 11.9 Å². The van der Waals surface area contributed by atoms with Crippen LogP contribution >= 0.6 is 0 Å². The zero-order valence-electron chi connectivity index (χ0n) is 18.2. The molecule has 0 heterocycles. The van der Waals surface area contributed by atoms with Crippen LogP contribution in [0, 0.1) is 23.7 Å². The number of hydrogen-bond donors (Lipinski definition) is 0. The Morgan fingerprint density at radius 3 is 1.47 bits per heavy atom. The fourth-order valence-corrected chi connectivity index (χ4v) is 5.60. The summed E-state index contributed by atoms with van der Waals surface area (Å²) in [5.74, 6) is -2.63. The van der Waals surface area contributed by atoms with Gasteiger partial charge in [-0.3, -0.25) is 4.79 Å². The first-order chi connectivity index (χ1) is 14.3. The summed E-state index contributed by atoms with van der Waals surface area (Å²) < 4.78 is 0. The van der Waals surface area contributed by atoms with Crippen LogP contribution in [0.25, 0.3) is 0 Å². The van der Waals surface area contributed by atoms with Crippen molar-refractivity contribution in [3.8, 4) is 0 Å². The monoisotopic (exact) mass is 404 g/mol. The van der Waals surface area contributed by atoms with Gasteiger partial charge in [0.1, 0.15) is 0 Å². The highest BCUT2D eigenvalue weighted by atomic mass is 16.4. The van der Waals surface area contributed by atoms with E-state index in [2.05, 4.69) is 39.8 Å². The molecule has 0 N–H and O–H groups in total. The zero-order chi connectivity index (χ0) is 21.6. The highest BCUT2D eigenvalue weighted by Crippen LogP contribution is 2.58. The Balaban J connectivity index is 1.87. The minimum atomic E-state index is -1.12. The minimum Gasteiger partial charge on any atom is -0.550 e. The van der Waals surface area contributed by atoms with Crippen molar-refractivity contribution in [3.63, 3.8) is 0 Å². The first-order valence-corrected chi connectivity index (χ1v) is 11.0. The summed E-state index contributed by atoms with van der Waals surface area (Å²) >= 11 is 0. The largest absolute Gasteiger partial charge is 0.550 e. The molecule has 2 bridgehead atoms. The zero-order valence-corrected chi connectivity index (χ0v) is 18.2. The maximum absolute atomic E-state index is 13.9. The molecule has 0 saturated carbocycles. The quantitative estimate of drug-likeness (QED) is 0.741. The third-order valence-electron chi connectivity index (χ3n) is 6.48. The van der Waals surface area contributed by atoms with Crippen molar-refractivity contribution in [1.82, 2.24) is 4.90 Å². The Kier molecular flexibility index (Phi) is 5.44. The molecule has 3 aliphatic rings. The second-order valence-electron chi connectivity index (χ2n) is 9.61. The van der Waals surface area contributed by atoms with Crippen molar-refractivity contribution in [2.45, 2.75) is 39.5 Å². The molecule has 3 aliphatic carbocycles. The summed E-state index contributed by atoms with van der Waals surface area (Å²) in [6.07, 6.45) is 0. The van der Waals surface area contributed by atoms with E-state index in [9.17, 15) is 14.7 Å². The lowest BCUT2D eigenvalue weighted by Crippen LogP contribution is -2.55. The summed E-state index contributed by atoms with van der Waals surface area (Å²) in [7, 11) is 0. The molecule has 1 amide bonds. The number of aliphatic carboxylic acids is 1. The molecule has 0 aromatic heterocycles. The van der Waals surface area contributed by atoms with Crippen molar-refractivity contribution in [2.75, 3.05) is 13.1 Å². The van der Waals surface area contributed by atoms with Gasteiger partial charge in [-0.25, -0.2) is 0 Å². The molecule has 0 aliphatic heterocycles. The number of carbonyl (C=O) groups is 2. The average molecular weight is 405 g/mol. The molecule has 0 fully saturated rings. The second kappa shape index (κ2) is 7.90. The van der Waals surface area contributed by atoms with Crippen LogP contribution in [-0.2, 0) is 9.59 Å². The predicted octanol–water partition coefficient (Wildman–Crippen LogP) is 3.40. The van der Waals surface area contributed by atoms with Gasteiger partial charge in [0.15, 0.2) is 0 Å². The maximum atomic E-state index is 13.9. The molecular formula is C26H30NO3-. The third kappa shape index (κ3) is 3.32. The first kappa shape index (κ1) is 20.6. The highest BCUT2D eigenvalue weighted by Gasteiger charge is 2.53. The molecule has 0 saturated heterocycles. The number of carboxylic acids is 1. The summed E-state index contributed by atoms with van der Waals surface area (Å²) in [4.78, 5) is 28.3. The SMILES string of the molecule is CC(C)CN(CC(C)C)C(=O)[C@H]1C2c3ccccc3C(c3ccccc32)[C@@H]1C(=O)[O-]. The number of rotatable bonds is 6. The molecule has 4 nitrogen and oxygen atoms in total. The predicted molar refractivity (Wildman–Crippen MR) is 115 cm³/mol. The molecular weight excluding hydrogens is 374 g/mol. The van der Waals surface area contributed by atoms with Crippen LogP contribution in [0.5, 0.6) is 0 Å². The van der Waals surface area contributed by atoms with Crippen LogP contribution in [0.15, 0.2) is 48.5 Å². The van der Waals surface area contributed by atoms with Gasteiger partial charge < -0.3 is 14.8 Å². The van der Waals surface area contributed by atoms with Gasteiger partial charge in [-0.1, -0.05) is 76.2 Å². The summed E-state index contributed by atoms with van der Waals surface area (Å²) in [5.41, 5.74) is 4.23. The molecule has 158 valence electrons. The minimum absolute atomic E-state index is 0.0504. The smallest absolute Gasteiger partial charge is 0.227 e. The van der Waals surface area contributed by atoms with Gasteiger partial charge in [0.25, 0.3) is 0 Å². The second-order valence-corrected chi connectivity index (χ2v) is 9.61. The fraction of sp³-hybridized carbons (Fsp3) is 0.462. The van der Waals surface area contributed by atoms with Gasteiger partial charge in [-0.2, -0.15) is 0 Å². The van der Waals surface area contributed by atoms with Crippen LogP contribution in [0.2, 0.25) is 0 Å². The standard InChI is InChI=1S/C26H31NO3/c1-15(2)13-27(14-16(3)4)25(28)23-21-17-9-5-7-11-19(17)22(24(23)26(29)30)20-12-8-6-10-18(20)21/h5-12,15-16,21-24H,13-14H2,1-4H3,(H,29,30)/p-1/t21?,22?,23-,24-/m0/s1. The van der Waals surface area contributed by atoms with Crippen molar-refractivity contribution in [3.05, 3.63) is 70.8 Å². The number of nitrogens with zero attached hydrogens (tertiary/aromatic N) is 1. The number of fused-ring (bicyclic) bond motifs is 1. The summed E-state index contributed by atoms with van der Waals surface area (Å²) in [6.45, 7) is 9.63. The Morgan fingerprint density at radius 1 is 0.767 bits per heavy atom. The number of amides is 1. The van der Waals surface area contributed by atoms with E-state index in [0.717, 1.165) is 22.3 Å². The lowest BCUT2D eigenvalue weighted by Gasteiger charge is -2.51. The van der Waals surface area contributed by atoms with E-state index in [-0.39, 0.29) is 17.7 Å². The van der Waals surface area contributed by atoms with Gasteiger partial charge >= 0.3 is 0 Å². The van der Waals surface area contributed by atoms with Gasteiger partial charge in [0.05, 0.1) is 5.92 Å². The first-order valence-electron chi connectivity index (χ1n) is 11.0.